The minimum absolute atomic E-state index is 0.0102. The predicted molar refractivity (Wildman–Crippen MR) is 97.9 cm³/mol. The maximum Gasteiger partial charge on any atom is 0.251 e. The van der Waals surface area contributed by atoms with Crippen molar-refractivity contribution >= 4 is 28.9 Å². The summed E-state index contributed by atoms with van der Waals surface area (Å²) in [6, 6.07) is 9.01. The zero-order valence-electron chi connectivity index (χ0n) is 14.1. The summed E-state index contributed by atoms with van der Waals surface area (Å²) in [5.74, 6) is -0.316. The van der Waals surface area contributed by atoms with Crippen molar-refractivity contribution in [1.82, 2.24) is 10.2 Å². The molecule has 130 valence electrons. The number of Topliss-reactive ketones (excluding diaryl/α,β-unsaturated/α-hetero) is 1. The van der Waals surface area contributed by atoms with Gasteiger partial charge in [0.1, 0.15) is 0 Å². The molecule has 25 heavy (non-hydrogen) atoms. The number of amides is 2. The van der Waals surface area contributed by atoms with E-state index in [4.69, 9.17) is 0 Å². The second-order valence-electron chi connectivity index (χ2n) is 6.07. The Bertz CT molecular complexity index is 807. The molecule has 2 aromatic rings. The number of nitrogens with zero attached hydrogens (tertiary/aromatic N) is 1. The molecule has 2 heterocycles. The van der Waals surface area contributed by atoms with Gasteiger partial charge in [0, 0.05) is 24.2 Å². The highest BCUT2D eigenvalue weighted by Crippen LogP contribution is 2.29. The summed E-state index contributed by atoms with van der Waals surface area (Å²) in [5, 5.41) is 4.56. The molecule has 0 radical (unpaired) electrons. The summed E-state index contributed by atoms with van der Waals surface area (Å²) in [6.45, 7) is 3.10. The Morgan fingerprint density at radius 1 is 1.16 bits per heavy atom. The molecular weight excluding hydrogens is 336 g/mol. The Morgan fingerprint density at radius 2 is 1.92 bits per heavy atom. The van der Waals surface area contributed by atoms with Gasteiger partial charge in [-0.3, -0.25) is 14.4 Å². The number of carbonyl (C=O) groups excluding carboxylic acids is 3. The average Bonchev–Trinajstić information content (AvgIpc) is 3.30. The van der Waals surface area contributed by atoms with E-state index in [1.807, 2.05) is 17.5 Å². The molecule has 1 aliphatic heterocycles. The highest BCUT2D eigenvalue weighted by Gasteiger charge is 2.19. The number of benzene rings is 1. The normalized spacial score (nSPS) is 13.7. The van der Waals surface area contributed by atoms with Gasteiger partial charge < -0.3 is 10.2 Å². The van der Waals surface area contributed by atoms with Crippen molar-refractivity contribution in [1.29, 1.82) is 0 Å². The Morgan fingerprint density at radius 3 is 2.64 bits per heavy atom. The summed E-state index contributed by atoms with van der Waals surface area (Å²) < 4.78 is 0. The minimum Gasteiger partial charge on any atom is -0.343 e. The molecule has 1 aliphatic rings. The minimum atomic E-state index is -0.283. The number of hydrogen-bond donors (Lipinski definition) is 1. The van der Waals surface area contributed by atoms with Gasteiger partial charge in [-0.1, -0.05) is 12.1 Å². The highest BCUT2D eigenvalue weighted by molar-refractivity contribution is 7.12. The van der Waals surface area contributed by atoms with Crippen LogP contribution in [0.4, 0.5) is 0 Å². The van der Waals surface area contributed by atoms with Gasteiger partial charge in [-0.2, -0.15) is 0 Å². The smallest absolute Gasteiger partial charge is 0.251 e. The van der Waals surface area contributed by atoms with Gasteiger partial charge in [-0.15, -0.1) is 11.3 Å². The molecule has 0 spiro atoms. The fourth-order valence-electron chi connectivity index (χ4n) is 2.97. The molecule has 1 aromatic heterocycles. The van der Waals surface area contributed by atoms with Crippen molar-refractivity contribution in [2.45, 2.75) is 19.8 Å². The van der Waals surface area contributed by atoms with Crippen molar-refractivity contribution in [3.05, 3.63) is 46.2 Å². The van der Waals surface area contributed by atoms with Crippen molar-refractivity contribution in [3.8, 4) is 11.1 Å². The van der Waals surface area contributed by atoms with Crippen LogP contribution in [0.1, 0.15) is 39.8 Å². The molecule has 1 fully saturated rings. The first-order valence-electron chi connectivity index (χ1n) is 8.31. The quantitative estimate of drug-likeness (QED) is 0.838. The first-order chi connectivity index (χ1) is 12.1. The van der Waals surface area contributed by atoms with Crippen LogP contribution in [0.5, 0.6) is 0 Å². The van der Waals surface area contributed by atoms with Gasteiger partial charge in [-0.25, -0.2) is 0 Å². The summed E-state index contributed by atoms with van der Waals surface area (Å²) in [6.07, 6.45) is 2.06. The lowest BCUT2D eigenvalue weighted by Gasteiger charge is -2.15. The zero-order chi connectivity index (χ0) is 17.8. The lowest BCUT2D eigenvalue weighted by atomic mass is 10.0. The number of carbonyl (C=O) groups is 3. The van der Waals surface area contributed by atoms with E-state index in [0.717, 1.165) is 37.1 Å². The molecule has 1 N–H and O–H groups in total. The lowest BCUT2D eigenvalue weighted by Crippen LogP contribution is -2.38. The van der Waals surface area contributed by atoms with E-state index >= 15 is 0 Å². The number of rotatable bonds is 5. The zero-order valence-corrected chi connectivity index (χ0v) is 14.9. The molecule has 1 saturated heterocycles. The van der Waals surface area contributed by atoms with E-state index in [-0.39, 0.29) is 24.1 Å². The second-order valence-corrected chi connectivity index (χ2v) is 6.99. The van der Waals surface area contributed by atoms with Gasteiger partial charge in [0.25, 0.3) is 5.91 Å². The van der Waals surface area contributed by atoms with Crippen molar-refractivity contribution in [3.63, 3.8) is 0 Å². The van der Waals surface area contributed by atoms with E-state index in [1.165, 1.54) is 18.3 Å². The maximum atomic E-state index is 12.4. The van der Waals surface area contributed by atoms with Crippen LogP contribution in [-0.4, -0.2) is 42.1 Å². The number of thiophene rings is 1. The molecular formula is C19H20N2O3S. The lowest BCUT2D eigenvalue weighted by molar-refractivity contribution is -0.129. The number of likely N-dealkylation sites (tertiary alicyclic amines) is 1. The van der Waals surface area contributed by atoms with Crippen LogP contribution in [0.2, 0.25) is 0 Å². The fourth-order valence-corrected chi connectivity index (χ4v) is 3.79. The van der Waals surface area contributed by atoms with Crippen LogP contribution in [0, 0.1) is 0 Å². The number of ketones is 1. The second kappa shape index (κ2) is 7.61. The van der Waals surface area contributed by atoms with Gasteiger partial charge in [0.2, 0.25) is 5.91 Å². The Hall–Kier alpha value is -2.47. The molecule has 2 amide bonds. The van der Waals surface area contributed by atoms with Gasteiger partial charge in [-0.05, 0) is 48.9 Å². The third-order valence-corrected chi connectivity index (χ3v) is 5.29. The van der Waals surface area contributed by atoms with Crippen molar-refractivity contribution in [2.75, 3.05) is 19.6 Å². The molecule has 0 atom stereocenters. The SMILES string of the molecule is CC(=O)c1sccc1-c1cccc(C(=O)NCC(=O)N2CCCC2)c1. The van der Waals surface area contributed by atoms with Crippen LogP contribution < -0.4 is 5.32 Å². The Kier molecular flexibility index (Phi) is 5.28. The first kappa shape index (κ1) is 17.4. The largest absolute Gasteiger partial charge is 0.343 e. The first-order valence-corrected chi connectivity index (χ1v) is 9.19. The monoisotopic (exact) mass is 356 g/mol. The van der Waals surface area contributed by atoms with E-state index in [0.29, 0.717) is 10.4 Å². The molecule has 6 heteroatoms. The standard InChI is InChI=1S/C19H20N2O3S/c1-13(22)18-16(7-10-25-18)14-5-4-6-15(11-14)19(24)20-12-17(23)21-8-2-3-9-21/h4-7,10-11H,2-3,8-9,12H2,1H3,(H,20,24). The topological polar surface area (TPSA) is 66.5 Å². The summed E-state index contributed by atoms with van der Waals surface area (Å²) in [7, 11) is 0. The van der Waals surface area contributed by atoms with Gasteiger partial charge >= 0.3 is 0 Å². The molecule has 0 bridgehead atoms. The van der Waals surface area contributed by atoms with E-state index in [9.17, 15) is 14.4 Å². The summed E-state index contributed by atoms with van der Waals surface area (Å²) in [4.78, 5) is 38.6. The highest BCUT2D eigenvalue weighted by atomic mass is 32.1. The Labute approximate surface area is 150 Å². The summed E-state index contributed by atoms with van der Waals surface area (Å²) >= 11 is 1.39. The van der Waals surface area contributed by atoms with Crippen LogP contribution in [0.25, 0.3) is 11.1 Å². The third-order valence-electron chi connectivity index (χ3n) is 4.28. The summed E-state index contributed by atoms with van der Waals surface area (Å²) in [5.41, 5.74) is 2.14. The third kappa shape index (κ3) is 3.96. The fraction of sp³-hybridized carbons (Fsp3) is 0.316. The van der Waals surface area contributed by atoms with Crippen LogP contribution >= 0.6 is 11.3 Å². The van der Waals surface area contributed by atoms with Crippen molar-refractivity contribution < 1.29 is 14.4 Å². The van der Waals surface area contributed by atoms with E-state index in [1.54, 1.807) is 23.1 Å². The van der Waals surface area contributed by atoms with Gasteiger partial charge in [0.05, 0.1) is 11.4 Å². The Balaban J connectivity index is 1.70. The maximum absolute atomic E-state index is 12.4. The van der Waals surface area contributed by atoms with Gasteiger partial charge in [0.15, 0.2) is 5.78 Å². The van der Waals surface area contributed by atoms with Crippen LogP contribution in [-0.2, 0) is 4.79 Å². The number of nitrogens with one attached hydrogen (secondary N) is 1. The van der Waals surface area contributed by atoms with Crippen LogP contribution in [0.15, 0.2) is 35.7 Å². The molecule has 0 unspecified atom stereocenters. The molecule has 3 rings (SSSR count). The molecule has 0 aliphatic carbocycles. The van der Waals surface area contributed by atoms with E-state index in [2.05, 4.69) is 5.32 Å². The van der Waals surface area contributed by atoms with Crippen LogP contribution in [0.3, 0.4) is 0 Å². The number of hydrogen-bond acceptors (Lipinski definition) is 4. The molecule has 0 saturated carbocycles. The molecule has 5 nitrogen and oxygen atoms in total. The predicted octanol–water partition coefficient (Wildman–Crippen LogP) is 2.97. The molecule has 1 aromatic carbocycles. The van der Waals surface area contributed by atoms with E-state index < -0.39 is 0 Å². The average molecular weight is 356 g/mol. The van der Waals surface area contributed by atoms with Crippen molar-refractivity contribution in [2.24, 2.45) is 0 Å².